The molecule has 1 aromatic rings. The van der Waals surface area contributed by atoms with Crippen molar-refractivity contribution < 1.29 is 29.2 Å². The molecule has 2 N–H and O–H groups in total. The van der Waals surface area contributed by atoms with Crippen LogP contribution in [0.5, 0.6) is 23.0 Å². The topological polar surface area (TPSA) is 85.2 Å². The van der Waals surface area contributed by atoms with Crippen LogP contribution >= 0.6 is 0 Å². The summed E-state index contributed by atoms with van der Waals surface area (Å²) in [6.07, 6.45) is -0.492. The van der Waals surface area contributed by atoms with E-state index in [4.69, 9.17) is 19.3 Å². The van der Waals surface area contributed by atoms with Gasteiger partial charge in [0.1, 0.15) is 0 Å². The highest BCUT2D eigenvalue weighted by Crippen LogP contribution is 2.49. The molecule has 1 rings (SSSR count). The molecule has 0 saturated heterocycles. The lowest BCUT2D eigenvalue weighted by atomic mass is 9.94. The van der Waals surface area contributed by atoms with Crippen molar-refractivity contribution in [1.29, 1.82) is 0 Å². The third kappa shape index (κ3) is 4.43. The molecule has 0 atom stereocenters. The van der Waals surface area contributed by atoms with E-state index in [1.807, 2.05) is 27.7 Å². The maximum atomic E-state index is 11.0. The van der Waals surface area contributed by atoms with E-state index < -0.39 is 6.16 Å². The molecule has 1 aromatic carbocycles. The van der Waals surface area contributed by atoms with Gasteiger partial charge < -0.3 is 24.4 Å². The predicted molar refractivity (Wildman–Crippen MR) is 86.9 cm³/mol. The summed E-state index contributed by atoms with van der Waals surface area (Å²) >= 11 is 0. The maximum Gasteiger partial charge on any atom is 0.511 e. The Morgan fingerprint density at radius 3 is 1.74 bits per heavy atom. The molecule has 0 aromatic heterocycles. The second-order valence-corrected chi connectivity index (χ2v) is 6.27. The summed E-state index contributed by atoms with van der Waals surface area (Å²) in [6, 6.07) is 0. The first-order valence-electron chi connectivity index (χ1n) is 7.62. The van der Waals surface area contributed by atoms with Crippen LogP contribution in [0.2, 0.25) is 0 Å². The fourth-order valence-corrected chi connectivity index (χ4v) is 2.59. The van der Waals surface area contributed by atoms with Gasteiger partial charge in [0.05, 0.1) is 14.2 Å². The lowest BCUT2D eigenvalue weighted by molar-refractivity contribution is 0.142. The number of carboxylic acid groups (broad SMARTS) is 1. The number of phenols is 1. The van der Waals surface area contributed by atoms with Gasteiger partial charge in [-0.05, 0) is 24.7 Å². The number of hydrogen-bond acceptors (Lipinski definition) is 5. The van der Waals surface area contributed by atoms with E-state index in [1.54, 1.807) is 0 Å². The second kappa shape index (κ2) is 7.94. The van der Waals surface area contributed by atoms with Crippen LogP contribution in [-0.2, 0) is 12.8 Å². The first-order valence-corrected chi connectivity index (χ1v) is 7.62. The van der Waals surface area contributed by atoms with Gasteiger partial charge in [0.25, 0.3) is 0 Å². The van der Waals surface area contributed by atoms with Gasteiger partial charge in [-0.1, -0.05) is 27.7 Å². The fraction of sp³-hybridized carbons (Fsp3) is 0.588. The zero-order valence-corrected chi connectivity index (χ0v) is 14.6. The van der Waals surface area contributed by atoms with E-state index in [1.165, 1.54) is 14.2 Å². The van der Waals surface area contributed by atoms with Crippen LogP contribution in [0, 0.1) is 11.8 Å². The quantitative estimate of drug-likeness (QED) is 0.584. The zero-order chi connectivity index (χ0) is 17.7. The monoisotopic (exact) mass is 326 g/mol. The molecule has 0 aliphatic heterocycles. The number of rotatable bonds is 7. The van der Waals surface area contributed by atoms with E-state index >= 15 is 0 Å². The molecule has 0 spiro atoms. The Hall–Kier alpha value is -2.11. The van der Waals surface area contributed by atoms with Crippen molar-refractivity contribution in [2.75, 3.05) is 14.2 Å². The molecule has 0 unspecified atom stereocenters. The number of carbonyl (C=O) groups is 1. The van der Waals surface area contributed by atoms with Gasteiger partial charge in [0.15, 0.2) is 23.0 Å². The highest BCUT2D eigenvalue weighted by Gasteiger charge is 2.28. The molecular formula is C17H26O6. The molecule has 0 aliphatic rings. The summed E-state index contributed by atoms with van der Waals surface area (Å²) in [4.78, 5) is 11.0. The predicted octanol–water partition coefficient (Wildman–Crippen LogP) is 3.86. The Kier molecular flexibility index (Phi) is 6.54. The van der Waals surface area contributed by atoms with Crippen molar-refractivity contribution in [1.82, 2.24) is 0 Å². The minimum Gasteiger partial charge on any atom is -0.504 e. The lowest BCUT2D eigenvalue weighted by Crippen LogP contribution is -2.11. The summed E-state index contributed by atoms with van der Waals surface area (Å²) in [5.74, 6) is 1.00. The first-order chi connectivity index (χ1) is 10.7. The van der Waals surface area contributed by atoms with Crippen molar-refractivity contribution >= 4 is 6.16 Å². The number of hydrogen-bond donors (Lipinski definition) is 2. The summed E-state index contributed by atoms with van der Waals surface area (Å²) in [6.45, 7) is 7.95. The molecule has 0 fully saturated rings. The Morgan fingerprint density at radius 2 is 1.35 bits per heavy atom. The molecule has 0 bridgehead atoms. The van der Waals surface area contributed by atoms with Crippen molar-refractivity contribution in [3.05, 3.63) is 11.1 Å². The second-order valence-electron chi connectivity index (χ2n) is 6.27. The molecular weight excluding hydrogens is 300 g/mol. The largest absolute Gasteiger partial charge is 0.511 e. The van der Waals surface area contributed by atoms with Gasteiger partial charge >= 0.3 is 6.16 Å². The van der Waals surface area contributed by atoms with Crippen LogP contribution in [0.15, 0.2) is 0 Å². The number of ether oxygens (including phenoxy) is 3. The minimum absolute atomic E-state index is 0.0699. The van der Waals surface area contributed by atoms with Gasteiger partial charge in [-0.25, -0.2) is 4.79 Å². The standard InChI is InChI=1S/C17H26O6/c1-9(2)7-11-13(18)14(23-17(19)20)12(8-10(3)4)16(22-6)15(11)21-5/h9-10,18H,7-8H2,1-6H3,(H,19,20). The van der Waals surface area contributed by atoms with E-state index in [-0.39, 0.29) is 23.3 Å². The molecule has 0 aliphatic carbocycles. The summed E-state index contributed by atoms with van der Waals surface area (Å²) in [7, 11) is 2.99. The normalized spacial score (nSPS) is 11.0. The van der Waals surface area contributed by atoms with Gasteiger partial charge in [-0.2, -0.15) is 0 Å². The van der Waals surface area contributed by atoms with Gasteiger partial charge in [0, 0.05) is 11.1 Å². The third-order valence-electron chi connectivity index (χ3n) is 3.35. The Labute approximate surface area is 137 Å². The van der Waals surface area contributed by atoms with Crippen molar-refractivity contribution in [2.24, 2.45) is 11.8 Å². The van der Waals surface area contributed by atoms with Crippen LogP contribution in [0.1, 0.15) is 38.8 Å². The Morgan fingerprint density at radius 1 is 0.913 bits per heavy atom. The van der Waals surface area contributed by atoms with Gasteiger partial charge in [-0.15, -0.1) is 0 Å². The minimum atomic E-state index is -1.48. The van der Waals surface area contributed by atoms with Crippen molar-refractivity contribution in [2.45, 2.75) is 40.5 Å². The van der Waals surface area contributed by atoms with E-state index in [9.17, 15) is 9.90 Å². The van der Waals surface area contributed by atoms with Crippen LogP contribution in [-0.4, -0.2) is 30.6 Å². The molecule has 0 radical (unpaired) electrons. The summed E-state index contributed by atoms with van der Waals surface area (Å²) < 4.78 is 15.8. The third-order valence-corrected chi connectivity index (χ3v) is 3.35. The average molecular weight is 326 g/mol. The van der Waals surface area contributed by atoms with Gasteiger partial charge in [0.2, 0.25) is 0 Å². The van der Waals surface area contributed by atoms with Crippen LogP contribution in [0.4, 0.5) is 4.79 Å². The highest BCUT2D eigenvalue weighted by atomic mass is 16.7. The average Bonchev–Trinajstić information content (AvgIpc) is 2.44. The fourth-order valence-electron chi connectivity index (χ4n) is 2.59. The summed E-state index contributed by atoms with van der Waals surface area (Å²) in [5.41, 5.74) is 0.981. The molecule has 0 amide bonds. The number of phenolic OH excluding ortho intramolecular Hbond substituents is 1. The van der Waals surface area contributed by atoms with Gasteiger partial charge in [-0.3, -0.25) is 0 Å². The van der Waals surface area contributed by atoms with Crippen molar-refractivity contribution in [3.8, 4) is 23.0 Å². The molecule has 0 saturated carbocycles. The van der Waals surface area contributed by atoms with E-state index in [2.05, 4.69) is 0 Å². The number of methoxy groups -OCH3 is 2. The first kappa shape index (κ1) is 18.9. The smallest absolute Gasteiger partial charge is 0.504 e. The molecule has 23 heavy (non-hydrogen) atoms. The van der Waals surface area contributed by atoms with Crippen LogP contribution in [0.3, 0.4) is 0 Å². The SMILES string of the molecule is COc1c(CC(C)C)c(O)c(OC(=O)O)c(CC(C)C)c1OC. The summed E-state index contributed by atoms with van der Waals surface area (Å²) in [5, 5.41) is 19.6. The van der Waals surface area contributed by atoms with Crippen molar-refractivity contribution in [3.63, 3.8) is 0 Å². The van der Waals surface area contributed by atoms with E-state index in [0.717, 1.165) is 0 Å². The molecule has 130 valence electrons. The Balaban J connectivity index is 3.71. The maximum absolute atomic E-state index is 11.0. The van der Waals surface area contributed by atoms with E-state index in [0.29, 0.717) is 35.5 Å². The highest BCUT2D eigenvalue weighted by molar-refractivity contribution is 5.71. The number of aromatic hydroxyl groups is 1. The Bertz CT molecular complexity index is 563. The number of benzene rings is 1. The van der Waals surface area contributed by atoms with Crippen LogP contribution < -0.4 is 14.2 Å². The lowest BCUT2D eigenvalue weighted by Gasteiger charge is -2.22. The molecule has 6 nitrogen and oxygen atoms in total. The van der Waals surface area contributed by atoms with Crippen LogP contribution in [0.25, 0.3) is 0 Å². The molecule has 0 heterocycles. The molecule has 6 heteroatoms. The zero-order valence-electron chi connectivity index (χ0n) is 14.6.